The minimum Gasteiger partial charge on any atom is -0.370 e. The number of nitrogens with zero attached hydrogens (tertiary/aromatic N) is 4. The molecule has 4 heterocycles. The first-order chi connectivity index (χ1) is 15.9. The Hall–Kier alpha value is -2.57. The summed E-state index contributed by atoms with van der Waals surface area (Å²) in [6.45, 7) is 6.73. The zero-order chi connectivity index (χ0) is 23.1. The van der Waals surface area contributed by atoms with Gasteiger partial charge in [-0.05, 0) is 72.9 Å². The highest BCUT2D eigenvalue weighted by molar-refractivity contribution is 7.80. The molecular formula is C26H30ClN5S. The number of aryl methyl sites for hydroxylation is 1. The Morgan fingerprint density at radius 3 is 2.48 bits per heavy atom. The third-order valence-corrected chi connectivity index (χ3v) is 7.42. The number of piperidine rings is 1. The first kappa shape index (κ1) is 22.2. The molecule has 172 valence electrons. The van der Waals surface area contributed by atoms with E-state index in [4.69, 9.17) is 23.8 Å². The van der Waals surface area contributed by atoms with Crippen molar-refractivity contribution in [1.82, 2.24) is 14.9 Å². The lowest BCUT2D eigenvalue weighted by atomic mass is 9.91. The van der Waals surface area contributed by atoms with Crippen molar-refractivity contribution >= 4 is 40.3 Å². The van der Waals surface area contributed by atoms with Gasteiger partial charge >= 0.3 is 0 Å². The van der Waals surface area contributed by atoms with Gasteiger partial charge in [0.05, 0.1) is 22.4 Å². The van der Waals surface area contributed by atoms with Crippen LogP contribution in [0, 0.1) is 11.8 Å². The number of thiocarbonyl (C=S) groups is 1. The minimum absolute atomic E-state index is 0.0376. The first-order valence-electron chi connectivity index (χ1n) is 11.6. The van der Waals surface area contributed by atoms with E-state index >= 15 is 0 Å². The molecule has 0 aliphatic carbocycles. The Labute approximate surface area is 206 Å². The van der Waals surface area contributed by atoms with E-state index in [1.165, 1.54) is 6.42 Å². The van der Waals surface area contributed by atoms with Gasteiger partial charge in [-0.25, -0.2) is 0 Å². The Balaban J connectivity index is 1.52. The molecule has 5 rings (SSSR count). The van der Waals surface area contributed by atoms with Crippen molar-refractivity contribution in [2.24, 2.45) is 18.9 Å². The summed E-state index contributed by atoms with van der Waals surface area (Å²) in [6.07, 6.45) is 5.17. The molecule has 33 heavy (non-hydrogen) atoms. The molecule has 0 saturated carbocycles. The van der Waals surface area contributed by atoms with Crippen LogP contribution < -0.4 is 15.1 Å². The summed E-state index contributed by atoms with van der Waals surface area (Å²) in [5, 5.41) is 4.97. The fourth-order valence-electron chi connectivity index (χ4n) is 5.48. The molecule has 2 aliphatic rings. The molecule has 4 atom stereocenters. The van der Waals surface area contributed by atoms with Crippen LogP contribution in [0.2, 0.25) is 5.02 Å². The summed E-state index contributed by atoms with van der Waals surface area (Å²) < 4.78 is 2.15. The molecule has 0 radical (unpaired) electrons. The van der Waals surface area contributed by atoms with Crippen molar-refractivity contribution in [2.45, 2.75) is 32.4 Å². The van der Waals surface area contributed by atoms with E-state index in [0.29, 0.717) is 16.9 Å². The lowest BCUT2D eigenvalue weighted by molar-refractivity contribution is 0.357. The van der Waals surface area contributed by atoms with E-state index in [1.807, 2.05) is 18.3 Å². The molecule has 0 bridgehead atoms. The highest BCUT2D eigenvalue weighted by Crippen LogP contribution is 2.43. The van der Waals surface area contributed by atoms with Gasteiger partial charge in [0.15, 0.2) is 5.11 Å². The standard InChI is InChI=1S/C26H30ClN5S/c1-17-13-18(2)16-31(15-17)22-10-9-19(14-20(22)27)32-25(23-8-6-12-30(23)3)24(29-26(32)33)21-7-4-5-11-28-21/h4-12,14,17-18,24-25H,13,15-16H2,1-3H3,(H,29,33)/t17-,18+,24-,25-/m0/s1. The van der Waals surface area contributed by atoms with Crippen molar-refractivity contribution < 1.29 is 0 Å². The fraction of sp³-hybridized carbons (Fsp3) is 0.385. The third kappa shape index (κ3) is 4.22. The molecular weight excluding hydrogens is 450 g/mol. The van der Waals surface area contributed by atoms with Crippen molar-refractivity contribution in [1.29, 1.82) is 0 Å². The van der Waals surface area contributed by atoms with E-state index in [1.54, 1.807) is 0 Å². The Morgan fingerprint density at radius 1 is 1.06 bits per heavy atom. The minimum atomic E-state index is -0.0606. The number of hydrogen-bond acceptors (Lipinski definition) is 3. The number of halogens is 1. The van der Waals surface area contributed by atoms with Gasteiger partial charge in [0.1, 0.15) is 6.04 Å². The number of aromatic nitrogens is 2. The number of benzene rings is 1. The van der Waals surface area contributed by atoms with Gasteiger partial charge in [-0.15, -0.1) is 0 Å². The highest BCUT2D eigenvalue weighted by Gasteiger charge is 2.42. The van der Waals surface area contributed by atoms with Crippen LogP contribution in [0.3, 0.4) is 0 Å². The van der Waals surface area contributed by atoms with Crippen molar-refractivity contribution in [3.8, 4) is 0 Å². The lowest BCUT2D eigenvalue weighted by Crippen LogP contribution is -2.38. The summed E-state index contributed by atoms with van der Waals surface area (Å²) in [7, 11) is 2.07. The summed E-state index contributed by atoms with van der Waals surface area (Å²) in [4.78, 5) is 9.24. The van der Waals surface area contributed by atoms with E-state index in [0.717, 1.165) is 40.9 Å². The van der Waals surface area contributed by atoms with Gasteiger partial charge in [0.2, 0.25) is 0 Å². The normalized spacial score (nSPS) is 25.4. The Kier molecular flexibility index (Phi) is 6.06. The van der Waals surface area contributed by atoms with Crippen LogP contribution in [0.15, 0.2) is 60.9 Å². The molecule has 2 fully saturated rings. The molecule has 1 aromatic carbocycles. The predicted molar refractivity (Wildman–Crippen MR) is 140 cm³/mol. The van der Waals surface area contributed by atoms with Gasteiger partial charge in [-0.2, -0.15) is 0 Å². The molecule has 2 saturated heterocycles. The number of rotatable bonds is 4. The van der Waals surface area contributed by atoms with Crippen LogP contribution in [-0.4, -0.2) is 27.8 Å². The van der Waals surface area contributed by atoms with Gasteiger partial charge in [-0.1, -0.05) is 31.5 Å². The SMILES string of the molecule is C[C@@H]1C[C@H](C)CN(c2ccc(N3C(=S)N[C@@H](c4ccccn4)[C@@H]3c3cccn3C)cc2Cl)C1. The van der Waals surface area contributed by atoms with E-state index < -0.39 is 0 Å². The molecule has 7 heteroatoms. The maximum absolute atomic E-state index is 6.89. The van der Waals surface area contributed by atoms with Crippen molar-refractivity contribution in [3.63, 3.8) is 0 Å². The summed E-state index contributed by atoms with van der Waals surface area (Å²) in [6, 6.07) is 16.5. The van der Waals surface area contributed by atoms with Crippen LogP contribution in [0.4, 0.5) is 11.4 Å². The number of hydrogen-bond donors (Lipinski definition) is 1. The zero-order valence-corrected chi connectivity index (χ0v) is 20.9. The molecule has 5 nitrogen and oxygen atoms in total. The second-order valence-corrected chi connectivity index (χ2v) is 10.3. The number of anilines is 2. The van der Waals surface area contributed by atoms with Gasteiger partial charge < -0.3 is 19.7 Å². The van der Waals surface area contributed by atoms with Gasteiger partial charge in [0.25, 0.3) is 0 Å². The average Bonchev–Trinajstić information content (AvgIpc) is 3.35. The smallest absolute Gasteiger partial charge is 0.174 e. The third-order valence-electron chi connectivity index (χ3n) is 6.80. The zero-order valence-electron chi connectivity index (χ0n) is 19.3. The molecule has 2 aliphatic heterocycles. The second-order valence-electron chi connectivity index (χ2n) is 9.53. The number of pyridine rings is 1. The topological polar surface area (TPSA) is 36.3 Å². The fourth-order valence-corrected chi connectivity index (χ4v) is 6.12. The second kappa shape index (κ2) is 8.99. The van der Waals surface area contributed by atoms with Gasteiger partial charge in [0, 0.05) is 43.9 Å². The first-order valence-corrected chi connectivity index (χ1v) is 12.4. The van der Waals surface area contributed by atoms with Crippen molar-refractivity contribution in [3.05, 3.63) is 77.3 Å². The largest absolute Gasteiger partial charge is 0.370 e. The number of nitrogens with one attached hydrogen (secondary N) is 1. The quantitative estimate of drug-likeness (QED) is 0.483. The summed E-state index contributed by atoms with van der Waals surface area (Å²) in [5.41, 5.74) is 4.22. The Morgan fingerprint density at radius 2 is 1.85 bits per heavy atom. The molecule has 0 spiro atoms. The lowest BCUT2D eigenvalue weighted by Gasteiger charge is -2.37. The summed E-state index contributed by atoms with van der Waals surface area (Å²) >= 11 is 12.7. The molecule has 0 amide bonds. The van der Waals surface area contributed by atoms with E-state index in [2.05, 4.69) is 88.2 Å². The molecule has 3 aromatic rings. The average molecular weight is 480 g/mol. The maximum atomic E-state index is 6.89. The molecule has 2 aromatic heterocycles. The Bertz CT molecular complexity index is 1140. The molecule has 0 unspecified atom stereocenters. The van der Waals surface area contributed by atoms with E-state index in [-0.39, 0.29) is 12.1 Å². The van der Waals surface area contributed by atoms with Crippen LogP contribution in [0.1, 0.15) is 43.7 Å². The van der Waals surface area contributed by atoms with Crippen LogP contribution in [-0.2, 0) is 7.05 Å². The maximum Gasteiger partial charge on any atom is 0.174 e. The van der Waals surface area contributed by atoms with Crippen LogP contribution in [0.5, 0.6) is 0 Å². The molecule has 1 N–H and O–H groups in total. The highest BCUT2D eigenvalue weighted by atomic mass is 35.5. The summed E-state index contributed by atoms with van der Waals surface area (Å²) in [5.74, 6) is 1.33. The van der Waals surface area contributed by atoms with E-state index in [9.17, 15) is 0 Å². The monoisotopic (exact) mass is 479 g/mol. The predicted octanol–water partition coefficient (Wildman–Crippen LogP) is 5.73. The van der Waals surface area contributed by atoms with Crippen molar-refractivity contribution in [2.75, 3.05) is 22.9 Å². The van der Waals surface area contributed by atoms with Crippen LogP contribution in [0.25, 0.3) is 0 Å². The van der Waals surface area contributed by atoms with Crippen LogP contribution >= 0.6 is 23.8 Å². The van der Waals surface area contributed by atoms with Gasteiger partial charge in [-0.3, -0.25) is 4.98 Å².